The molecule has 10 nitrogen and oxygen atoms in total. The summed E-state index contributed by atoms with van der Waals surface area (Å²) in [7, 11) is 3.76. The lowest BCUT2D eigenvalue weighted by Gasteiger charge is -2.44. The molecule has 2 fully saturated rings. The molecule has 0 bridgehead atoms. The maximum atomic E-state index is 13.2. The van der Waals surface area contributed by atoms with E-state index < -0.39 is 60.0 Å². The van der Waals surface area contributed by atoms with Crippen molar-refractivity contribution in [1.82, 2.24) is 4.90 Å². The van der Waals surface area contributed by atoms with Gasteiger partial charge in [-0.15, -0.1) is 0 Å². The van der Waals surface area contributed by atoms with Gasteiger partial charge >= 0.3 is 5.97 Å². The molecule has 0 unspecified atom stereocenters. The zero-order chi connectivity index (χ0) is 30.6. The Morgan fingerprint density at radius 3 is 2.41 bits per heavy atom. The summed E-state index contributed by atoms with van der Waals surface area (Å²) in [5.74, 6) is -2.32. The first-order valence-corrected chi connectivity index (χ1v) is 15.1. The van der Waals surface area contributed by atoms with Crippen LogP contribution in [0.15, 0.2) is 12.2 Å². The number of aldehydes is 1. The smallest absolute Gasteiger partial charge is 0.308 e. The van der Waals surface area contributed by atoms with E-state index in [4.69, 9.17) is 18.9 Å². The van der Waals surface area contributed by atoms with Crippen LogP contribution in [-0.2, 0) is 33.3 Å². The third-order valence-corrected chi connectivity index (χ3v) is 9.29. The fourth-order valence-electron chi connectivity index (χ4n) is 6.50. The molecule has 0 radical (unpaired) electrons. The maximum absolute atomic E-state index is 13.2. The second kappa shape index (κ2) is 14.2. The molecule has 3 aliphatic heterocycles. The highest BCUT2D eigenvalue weighted by Crippen LogP contribution is 2.45. The van der Waals surface area contributed by atoms with Gasteiger partial charge in [0.25, 0.3) is 0 Å². The fraction of sp³-hybridized carbons (Fsp3) is 0.839. The Bertz CT molecular complexity index is 941. The summed E-state index contributed by atoms with van der Waals surface area (Å²) in [6, 6.07) is -0.219. The van der Waals surface area contributed by atoms with Crippen LogP contribution in [-0.4, -0.2) is 102 Å². The Hall–Kier alpha value is -1.69. The Morgan fingerprint density at radius 1 is 1.12 bits per heavy atom. The highest BCUT2D eigenvalue weighted by Gasteiger charge is 2.55. The predicted molar refractivity (Wildman–Crippen MR) is 152 cm³/mol. The summed E-state index contributed by atoms with van der Waals surface area (Å²) < 4.78 is 24.2. The maximum Gasteiger partial charge on any atom is 0.308 e. The van der Waals surface area contributed by atoms with Crippen LogP contribution in [0.25, 0.3) is 0 Å². The van der Waals surface area contributed by atoms with Crippen LogP contribution in [0, 0.1) is 23.7 Å². The molecule has 3 aliphatic rings. The number of hydrogen-bond acceptors (Lipinski definition) is 10. The number of cyclic esters (lactones) is 1. The van der Waals surface area contributed by atoms with Crippen LogP contribution in [0.1, 0.15) is 73.6 Å². The molecule has 13 atom stereocenters. The summed E-state index contributed by atoms with van der Waals surface area (Å²) in [4.78, 5) is 40.0. The Balaban J connectivity index is 1.95. The van der Waals surface area contributed by atoms with Gasteiger partial charge in [0.2, 0.25) is 0 Å². The monoisotopic (exact) mass is 581 g/mol. The van der Waals surface area contributed by atoms with Gasteiger partial charge in [-0.1, -0.05) is 27.7 Å². The highest BCUT2D eigenvalue weighted by atomic mass is 16.7. The molecule has 0 saturated carbocycles. The van der Waals surface area contributed by atoms with E-state index in [2.05, 4.69) is 0 Å². The first kappa shape index (κ1) is 33.8. The SMILES string of the molecule is CC[C@@H]1OC(=O)C[C@@H](O)[C@H](C)[C@@H](O[C@@H]2O[C@H](C)C[C@H](N(C)C)[C@@H]2O)[C@@H](CC=O)C[C@@H](C)C(=O)/C=C/[C@]2(C)O[C@H]2[C@H]1C. The zero-order valence-electron chi connectivity index (χ0n) is 25.9. The summed E-state index contributed by atoms with van der Waals surface area (Å²) in [6.45, 7) is 11.3. The van der Waals surface area contributed by atoms with E-state index in [0.717, 1.165) is 6.29 Å². The van der Waals surface area contributed by atoms with E-state index >= 15 is 0 Å². The molecule has 234 valence electrons. The van der Waals surface area contributed by atoms with Gasteiger partial charge in [-0.25, -0.2) is 0 Å². The minimum absolute atomic E-state index is 0.0707. The fourth-order valence-corrected chi connectivity index (χ4v) is 6.50. The molecule has 2 saturated heterocycles. The van der Waals surface area contributed by atoms with Gasteiger partial charge in [0.05, 0.1) is 30.8 Å². The van der Waals surface area contributed by atoms with Crippen LogP contribution in [0.2, 0.25) is 0 Å². The number of aliphatic hydroxyl groups is 2. The number of allylic oxidation sites excluding steroid dienone is 1. The number of hydrogen-bond donors (Lipinski definition) is 2. The molecule has 0 amide bonds. The molecule has 0 aliphatic carbocycles. The number of esters is 1. The third-order valence-electron chi connectivity index (χ3n) is 9.29. The summed E-state index contributed by atoms with van der Waals surface area (Å²) in [5, 5.41) is 22.4. The molecule has 0 aromatic carbocycles. The minimum Gasteiger partial charge on any atom is -0.462 e. The van der Waals surface area contributed by atoms with E-state index in [9.17, 15) is 24.6 Å². The van der Waals surface area contributed by atoms with Crippen LogP contribution < -0.4 is 0 Å². The van der Waals surface area contributed by atoms with Gasteiger partial charge < -0.3 is 38.9 Å². The standard InChI is InChI=1S/C31H51NO9/c1-9-25-20(5)29-31(6,41-29)12-10-23(34)17(2)14-21(11-13-33)28(19(4)24(35)16-26(36)39-25)40-30-27(37)22(32(7)8)15-18(3)38-30/h10,12-13,17-22,24-25,27-30,35,37H,9,11,14-16H2,1-8H3/b12-10+/t17-,18-,19+,20+,21+,22+,24-,25+,27+,28-,29+,30+,31+/m1/s1. The van der Waals surface area contributed by atoms with Crippen molar-refractivity contribution in [3.8, 4) is 0 Å². The van der Waals surface area contributed by atoms with Gasteiger partial charge in [0, 0.05) is 30.2 Å². The number of ketones is 1. The number of fused-ring (bicyclic) bond motifs is 1. The molecule has 3 heterocycles. The van der Waals surface area contributed by atoms with Gasteiger partial charge in [-0.05, 0) is 65.3 Å². The predicted octanol–water partition coefficient (Wildman–Crippen LogP) is 2.67. The molecule has 0 aromatic heterocycles. The van der Waals surface area contributed by atoms with E-state index in [0.29, 0.717) is 19.3 Å². The average molecular weight is 582 g/mol. The van der Waals surface area contributed by atoms with Crippen molar-refractivity contribution < 1.29 is 43.5 Å². The highest BCUT2D eigenvalue weighted by molar-refractivity contribution is 5.91. The van der Waals surface area contributed by atoms with Crippen molar-refractivity contribution in [3.63, 3.8) is 0 Å². The molecule has 2 N–H and O–H groups in total. The van der Waals surface area contributed by atoms with Crippen LogP contribution in [0.5, 0.6) is 0 Å². The van der Waals surface area contributed by atoms with Crippen molar-refractivity contribution >= 4 is 18.0 Å². The zero-order valence-corrected chi connectivity index (χ0v) is 25.9. The number of likely N-dealkylation sites (N-methyl/N-ethyl adjacent to an activating group) is 1. The lowest BCUT2D eigenvalue weighted by atomic mass is 9.79. The van der Waals surface area contributed by atoms with Crippen molar-refractivity contribution in [1.29, 1.82) is 0 Å². The van der Waals surface area contributed by atoms with Gasteiger partial charge in [0.1, 0.15) is 24.1 Å². The van der Waals surface area contributed by atoms with Crippen molar-refractivity contribution in [2.45, 2.75) is 128 Å². The molecule has 41 heavy (non-hydrogen) atoms. The number of ether oxygens (including phenoxy) is 4. The Morgan fingerprint density at radius 2 is 1.80 bits per heavy atom. The van der Waals surface area contributed by atoms with Crippen LogP contribution in [0.3, 0.4) is 0 Å². The lowest BCUT2D eigenvalue weighted by molar-refractivity contribution is -0.283. The van der Waals surface area contributed by atoms with Gasteiger partial charge in [-0.3, -0.25) is 9.59 Å². The molecule has 10 heteroatoms. The summed E-state index contributed by atoms with van der Waals surface area (Å²) in [5.41, 5.74) is -0.637. The van der Waals surface area contributed by atoms with E-state index in [-0.39, 0.29) is 42.8 Å². The van der Waals surface area contributed by atoms with Crippen molar-refractivity contribution in [2.75, 3.05) is 14.1 Å². The van der Waals surface area contributed by atoms with Crippen molar-refractivity contribution in [2.24, 2.45) is 23.7 Å². The first-order chi connectivity index (χ1) is 19.2. The summed E-state index contributed by atoms with van der Waals surface area (Å²) in [6.07, 6.45) is 0.627. The second-order valence-electron chi connectivity index (χ2n) is 12.9. The molecule has 0 aromatic rings. The number of epoxide rings is 1. The van der Waals surface area contributed by atoms with E-state index in [1.165, 1.54) is 0 Å². The van der Waals surface area contributed by atoms with Crippen LogP contribution in [0.4, 0.5) is 0 Å². The average Bonchev–Trinajstić information content (AvgIpc) is 3.60. The molecular weight excluding hydrogens is 530 g/mol. The van der Waals surface area contributed by atoms with E-state index in [1.807, 2.05) is 53.6 Å². The van der Waals surface area contributed by atoms with E-state index in [1.54, 1.807) is 19.1 Å². The number of carbonyl (C=O) groups excluding carboxylic acids is 3. The minimum atomic E-state index is -1.15. The molecule has 0 spiro atoms. The normalized spacial score (nSPS) is 45.5. The number of aliphatic hydroxyl groups excluding tert-OH is 2. The lowest BCUT2D eigenvalue weighted by Crippen LogP contribution is -2.56. The second-order valence-corrected chi connectivity index (χ2v) is 12.9. The van der Waals surface area contributed by atoms with Gasteiger partial charge in [0.15, 0.2) is 12.1 Å². The topological polar surface area (TPSA) is 135 Å². The van der Waals surface area contributed by atoms with Gasteiger partial charge in [-0.2, -0.15) is 0 Å². The third kappa shape index (κ3) is 8.24. The first-order valence-electron chi connectivity index (χ1n) is 15.1. The van der Waals surface area contributed by atoms with Crippen molar-refractivity contribution in [3.05, 3.63) is 12.2 Å². The Kier molecular flexibility index (Phi) is 11.7. The molecule has 3 rings (SSSR count). The summed E-state index contributed by atoms with van der Waals surface area (Å²) >= 11 is 0. The van der Waals surface area contributed by atoms with Crippen LogP contribution >= 0.6 is 0 Å². The number of rotatable bonds is 6. The molecular formula is C31H51NO9. The quantitative estimate of drug-likeness (QED) is 0.274. The number of nitrogens with zero attached hydrogens (tertiary/aromatic N) is 1. The Labute approximate surface area is 244 Å². The number of carbonyl (C=O) groups is 3. The largest absolute Gasteiger partial charge is 0.462 e.